The van der Waals surface area contributed by atoms with Gasteiger partial charge in [0.2, 0.25) is 0 Å². The van der Waals surface area contributed by atoms with Crippen molar-refractivity contribution in [1.82, 2.24) is 0 Å². The van der Waals surface area contributed by atoms with Gasteiger partial charge >= 0.3 is 5.97 Å². The van der Waals surface area contributed by atoms with Crippen LogP contribution in [-0.2, 0) is 28.6 Å². The largest absolute Gasteiger partial charge is 0.462 e. The van der Waals surface area contributed by atoms with Crippen molar-refractivity contribution in [3.63, 3.8) is 0 Å². The maximum atomic E-state index is 14.1. The second-order valence-electron chi connectivity index (χ2n) is 14.0. The number of carbonyl (C=O) groups excluding carboxylic acids is 1. The molecule has 9 heteroatoms. The number of carbonyl (C=O) groups is 1. The lowest BCUT2D eigenvalue weighted by Crippen LogP contribution is -2.59. The molecule has 1 aliphatic carbocycles. The number of aliphatic hydroxyl groups is 2. The summed E-state index contributed by atoms with van der Waals surface area (Å²) in [7, 11) is 1.54. The van der Waals surface area contributed by atoms with Crippen LogP contribution in [0, 0.1) is 17.8 Å². The minimum Gasteiger partial charge on any atom is -0.462 e. The summed E-state index contributed by atoms with van der Waals surface area (Å²) in [4.78, 5) is 19.4. The highest BCUT2D eigenvalue weighted by molar-refractivity contribution is 5.88. The summed E-state index contributed by atoms with van der Waals surface area (Å²) in [6, 6.07) is 0. The van der Waals surface area contributed by atoms with Crippen molar-refractivity contribution in [2.45, 2.75) is 122 Å². The van der Waals surface area contributed by atoms with E-state index in [9.17, 15) is 15.0 Å². The summed E-state index contributed by atoms with van der Waals surface area (Å²) in [5, 5.41) is 27.5. The van der Waals surface area contributed by atoms with Gasteiger partial charge in [0.15, 0.2) is 5.79 Å². The molecule has 9 nitrogen and oxygen atoms in total. The molecule has 0 aromatic heterocycles. The van der Waals surface area contributed by atoms with Crippen LogP contribution in [0.2, 0.25) is 0 Å². The smallest absolute Gasteiger partial charge is 0.316 e. The highest BCUT2D eigenvalue weighted by Gasteiger charge is 2.60. The van der Waals surface area contributed by atoms with Gasteiger partial charge in [-0.3, -0.25) is 4.79 Å². The summed E-state index contributed by atoms with van der Waals surface area (Å²) < 4.78 is 26.0. The fourth-order valence-corrected chi connectivity index (χ4v) is 7.58. The van der Waals surface area contributed by atoms with Gasteiger partial charge < -0.3 is 34.0 Å². The second kappa shape index (κ2) is 13.3. The van der Waals surface area contributed by atoms with Crippen LogP contribution in [0.1, 0.15) is 80.6 Å². The van der Waals surface area contributed by atoms with Crippen molar-refractivity contribution in [1.29, 1.82) is 0 Å². The van der Waals surface area contributed by atoms with Gasteiger partial charge in [0.1, 0.15) is 36.9 Å². The van der Waals surface area contributed by atoms with Gasteiger partial charge in [-0.15, -0.1) is 0 Å². The number of nitrogens with zero attached hydrogens (tertiary/aromatic N) is 1. The molecular weight excluding hydrogens is 574 g/mol. The normalized spacial score (nSPS) is 41.5. The van der Waals surface area contributed by atoms with Gasteiger partial charge in [0.05, 0.1) is 24.5 Å². The lowest BCUT2D eigenvalue weighted by atomic mass is 9.71. The fraction of sp³-hybridized carbons (Fsp3) is 0.667. The first kappa shape index (κ1) is 33.8. The van der Waals surface area contributed by atoms with E-state index < -0.39 is 41.6 Å². The van der Waals surface area contributed by atoms with E-state index in [0.29, 0.717) is 36.8 Å². The van der Waals surface area contributed by atoms with Crippen LogP contribution < -0.4 is 0 Å². The van der Waals surface area contributed by atoms with Gasteiger partial charge in [-0.05, 0) is 70.1 Å². The molecule has 248 valence electrons. The van der Waals surface area contributed by atoms with Gasteiger partial charge in [0, 0.05) is 25.2 Å². The Morgan fingerprint density at radius 1 is 1.13 bits per heavy atom. The highest BCUT2D eigenvalue weighted by atomic mass is 16.7. The predicted octanol–water partition coefficient (Wildman–Crippen LogP) is 5.48. The molecule has 0 aromatic rings. The van der Waals surface area contributed by atoms with Gasteiger partial charge in [0.25, 0.3) is 0 Å². The van der Waals surface area contributed by atoms with Crippen molar-refractivity contribution in [3.8, 4) is 0 Å². The van der Waals surface area contributed by atoms with E-state index in [1.807, 2.05) is 12.2 Å². The molecule has 3 saturated heterocycles. The first-order valence-electron chi connectivity index (χ1n) is 16.3. The van der Waals surface area contributed by atoms with Crippen LogP contribution in [0.15, 0.2) is 63.4 Å². The van der Waals surface area contributed by atoms with E-state index >= 15 is 0 Å². The Balaban J connectivity index is 1.56. The Morgan fingerprint density at radius 2 is 1.89 bits per heavy atom. The maximum absolute atomic E-state index is 14.1. The molecule has 0 aromatic carbocycles. The standard InChI is InChI=1S/C36H51NO8/c1-20(2)24(6)32-25(7)30(37-41-8)18-35(45-32)17-28-16-27(44-35)13-12-22(4)14-21(3)10-9-11-26-19-42-33-31(38)23(5)15-29(34(39)43-28)36(26,33)40/h9-12,15,21,25,27-29,31-33,38,40H,13-14,16-19H2,1-8H3/t21-,25-,27+,28-,29?,31+,32+,33+,35-,36+/m0/s1. The number of ether oxygens (including phenoxy) is 4. The number of aliphatic hydroxyl groups excluding tert-OH is 1. The number of allylic oxidation sites excluding steroid dienone is 5. The van der Waals surface area contributed by atoms with Crippen LogP contribution >= 0.6 is 0 Å². The van der Waals surface area contributed by atoms with E-state index in [4.69, 9.17) is 23.8 Å². The molecule has 4 heterocycles. The number of hydrogen-bond donors (Lipinski definition) is 2. The summed E-state index contributed by atoms with van der Waals surface area (Å²) >= 11 is 0. The van der Waals surface area contributed by atoms with Crippen molar-refractivity contribution in [2.24, 2.45) is 22.9 Å². The van der Waals surface area contributed by atoms with E-state index in [-0.39, 0.29) is 30.7 Å². The summed E-state index contributed by atoms with van der Waals surface area (Å²) in [5.41, 5.74) is 3.72. The zero-order valence-electron chi connectivity index (χ0n) is 28.0. The molecule has 1 unspecified atom stereocenters. The molecule has 0 amide bonds. The fourth-order valence-electron chi connectivity index (χ4n) is 7.58. The molecule has 0 saturated carbocycles. The van der Waals surface area contributed by atoms with E-state index in [1.165, 1.54) is 5.57 Å². The molecule has 2 bridgehead atoms. The van der Waals surface area contributed by atoms with Crippen LogP contribution in [0.25, 0.3) is 0 Å². The third-order valence-electron chi connectivity index (χ3n) is 10.3. The summed E-state index contributed by atoms with van der Waals surface area (Å²) in [6.45, 7) is 14.4. The van der Waals surface area contributed by atoms with E-state index in [2.05, 4.69) is 58.9 Å². The van der Waals surface area contributed by atoms with Crippen LogP contribution in [-0.4, -0.2) is 77.5 Å². The lowest BCUT2D eigenvalue weighted by molar-refractivity contribution is -0.313. The number of oxime groups is 1. The van der Waals surface area contributed by atoms with Gasteiger partial charge in [-0.25, -0.2) is 0 Å². The second-order valence-corrected chi connectivity index (χ2v) is 14.0. The van der Waals surface area contributed by atoms with Crippen molar-refractivity contribution >= 4 is 11.7 Å². The average Bonchev–Trinajstić information content (AvgIpc) is 3.31. The van der Waals surface area contributed by atoms with E-state index in [1.54, 1.807) is 20.1 Å². The molecule has 3 fully saturated rings. The molecule has 5 rings (SSSR count). The maximum Gasteiger partial charge on any atom is 0.316 e. The quantitative estimate of drug-likeness (QED) is 0.235. The third kappa shape index (κ3) is 6.65. The highest BCUT2D eigenvalue weighted by Crippen LogP contribution is 2.47. The van der Waals surface area contributed by atoms with Crippen molar-refractivity contribution in [2.75, 3.05) is 13.7 Å². The molecule has 45 heavy (non-hydrogen) atoms. The Labute approximate surface area is 267 Å². The van der Waals surface area contributed by atoms with E-state index in [0.717, 1.165) is 23.3 Å². The SMILES string of the molecule is CON=C1C[C@]2(C[C@@H]3C[C@@H](CC=C(C)C[C@@H](C)C=CC=C4CO[C@@H]5[C@H](O)C(C)=CC(C(=O)O3)[C@]45O)O2)O[C@H](C(C)=C(C)C)[C@H]1C. The Morgan fingerprint density at radius 3 is 2.60 bits per heavy atom. The minimum atomic E-state index is -1.74. The molecular formula is C36H51NO8. The van der Waals surface area contributed by atoms with Crippen LogP contribution in [0.3, 0.4) is 0 Å². The van der Waals surface area contributed by atoms with Crippen molar-refractivity contribution in [3.05, 3.63) is 58.2 Å². The number of esters is 1. The molecule has 2 N–H and O–H groups in total. The third-order valence-corrected chi connectivity index (χ3v) is 10.3. The van der Waals surface area contributed by atoms with Crippen LogP contribution in [0.5, 0.6) is 0 Å². The number of fused-ring (bicyclic) bond motifs is 2. The van der Waals surface area contributed by atoms with Crippen LogP contribution in [0.4, 0.5) is 0 Å². The number of rotatable bonds is 2. The average molecular weight is 626 g/mol. The Bertz CT molecular complexity index is 1340. The van der Waals surface area contributed by atoms with Gasteiger partial charge in [-0.1, -0.05) is 60.5 Å². The molecule has 1 spiro atoms. The summed E-state index contributed by atoms with van der Waals surface area (Å²) in [6.07, 6.45) is 9.22. The first-order valence-corrected chi connectivity index (χ1v) is 16.3. The number of hydrogen-bond acceptors (Lipinski definition) is 9. The van der Waals surface area contributed by atoms with Crippen molar-refractivity contribution < 1.29 is 38.8 Å². The molecule has 10 atom stereocenters. The zero-order chi connectivity index (χ0) is 32.7. The lowest BCUT2D eigenvalue weighted by Gasteiger charge is -2.50. The first-order chi connectivity index (χ1) is 21.3. The zero-order valence-corrected chi connectivity index (χ0v) is 28.0. The predicted molar refractivity (Wildman–Crippen MR) is 171 cm³/mol. The molecule has 4 aliphatic heterocycles. The summed E-state index contributed by atoms with van der Waals surface area (Å²) in [5.74, 6) is -2.48. The molecule has 0 radical (unpaired) electrons. The Hall–Kier alpha value is -2.56. The minimum absolute atomic E-state index is 0.0294. The topological polar surface area (TPSA) is 116 Å². The van der Waals surface area contributed by atoms with Gasteiger partial charge in [-0.2, -0.15) is 0 Å². The monoisotopic (exact) mass is 625 g/mol. The Kier molecular flexibility index (Phi) is 9.97. The molecule has 5 aliphatic rings.